The Kier molecular flexibility index (Phi) is 4.70. The molecule has 7 heteroatoms. The SMILES string of the molecule is O=C(Nc1cccc([N+](=O)[O-])c1)C1=C(O)c2ccccc2N(c2ccccc2)C1. The van der Waals surface area contributed by atoms with Crippen LogP contribution in [0.15, 0.2) is 84.4 Å². The molecule has 0 unspecified atom stereocenters. The first-order valence-corrected chi connectivity index (χ1v) is 8.94. The van der Waals surface area contributed by atoms with Crippen LogP contribution in [0.1, 0.15) is 5.56 Å². The van der Waals surface area contributed by atoms with Crippen LogP contribution >= 0.6 is 0 Å². The Bertz CT molecular complexity index is 1130. The Morgan fingerprint density at radius 2 is 1.72 bits per heavy atom. The van der Waals surface area contributed by atoms with Crippen LogP contribution in [0.25, 0.3) is 5.76 Å². The average molecular weight is 387 g/mol. The van der Waals surface area contributed by atoms with Gasteiger partial charge in [0.25, 0.3) is 11.6 Å². The third kappa shape index (κ3) is 3.53. The summed E-state index contributed by atoms with van der Waals surface area (Å²) >= 11 is 0. The van der Waals surface area contributed by atoms with Gasteiger partial charge >= 0.3 is 0 Å². The summed E-state index contributed by atoms with van der Waals surface area (Å²) in [5.41, 5.74) is 2.57. The van der Waals surface area contributed by atoms with E-state index in [2.05, 4.69) is 5.32 Å². The normalized spacial score (nSPS) is 13.0. The number of rotatable bonds is 4. The number of non-ortho nitro benzene ring substituents is 1. The van der Waals surface area contributed by atoms with Crippen molar-refractivity contribution in [1.29, 1.82) is 0 Å². The van der Waals surface area contributed by atoms with Gasteiger partial charge in [0, 0.05) is 29.1 Å². The van der Waals surface area contributed by atoms with Crippen molar-refractivity contribution in [3.8, 4) is 0 Å². The molecule has 0 saturated heterocycles. The highest BCUT2D eigenvalue weighted by Crippen LogP contribution is 2.38. The van der Waals surface area contributed by atoms with Crippen molar-refractivity contribution >= 4 is 34.4 Å². The van der Waals surface area contributed by atoms with Gasteiger partial charge in [0.05, 0.1) is 22.7 Å². The van der Waals surface area contributed by atoms with Gasteiger partial charge in [-0.3, -0.25) is 14.9 Å². The molecule has 7 nitrogen and oxygen atoms in total. The number of nitro groups is 1. The number of nitrogens with one attached hydrogen (secondary N) is 1. The molecule has 29 heavy (non-hydrogen) atoms. The van der Waals surface area contributed by atoms with Crippen molar-refractivity contribution in [3.05, 3.63) is 100 Å². The van der Waals surface area contributed by atoms with Gasteiger partial charge in [-0.05, 0) is 30.3 Å². The molecule has 1 aliphatic rings. The zero-order valence-electron chi connectivity index (χ0n) is 15.3. The van der Waals surface area contributed by atoms with Gasteiger partial charge in [0.15, 0.2) is 0 Å². The van der Waals surface area contributed by atoms with E-state index in [0.717, 1.165) is 11.4 Å². The Labute approximate surface area is 166 Å². The molecule has 3 aromatic carbocycles. The second-order valence-corrected chi connectivity index (χ2v) is 6.53. The lowest BCUT2D eigenvalue weighted by molar-refractivity contribution is -0.384. The molecule has 144 valence electrons. The Hall–Kier alpha value is -4.13. The van der Waals surface area contributed by atoms with E-state index >= 15 is 0 Å². The number of nitrogens with zero attached hydrogens (tertiary/aromatic N) is 2. The van der Waals surface area contributed by atoms with Gasteiger partial charge in [-0.1, -0.05) is 36.4 Å². The Balaban J connectivity index is 1.70. The van der Waals surface area contributed by atoms with Gasteiger partial charge in [0.1, 0.15) is 5.76 Å². The molecule has 2 N–H and O–H groups in total. The molecule has 0 saturated carbocycles. The average Bonchev–Trinajstić information content (AvgIpc) is 2.75. The molecule has 0 bridgehead atoms. The first-order valence-electron chi connectivity index (χ1n) is 8.94. The van der Waals surface area contributed by atoms with Gasteiger partial charge in [-0.2, -0.15) is 0 Å². The fourth-order valence-electron chi connectivity index (χ4n) is 3.31. The number of para-hydroxylation sites is 2. The molecule has 1 amide bonds. The van der Waals surface area contributed by atoms with Crippen molar-refractivity contribution in [2.75, 3.05) is 16.8 Å². The minimum absolute atomic E-state index is 0.101. The second kappa shape index (κ2) is 7.47. The topological polar surface area (TPSA) is 95.7 Å². The Morgan fingerprint density at radius 1 is 1.00 bits per heavy atom. The number of aliphatic hydroxyl groups excluding tert-OH is 1. The number of aliphatic hydroxyl groups is 1. The van der Waals surface area contributed by atoms with Crippen molar-refractivity contribution < 1.29 is 14.8 Å². The number of carbonyl (C=O) groups excluding carboxylic acids is 1. The number of anilines is 3. The van der Waals surface area contributed by atoms with Gasteiger partial charge in [0.2, 0.25) is 0 Å². The van der Waals surface area contributed by atoms with Gasteiger partial charge < -0.3 is 15.3 Å². The lowest BCUT2D eigenvalue weighted by Crippen LogP contribution is -2.31. The summed E-state index contributed by atoms with van der Waals surface area (Å²) in [6.07, 6.45) is 0. The zero-order chi connectivity index (χ0) is 20.4. The summed E-state index contributed by atoms with van der Waals surface area (Å²) in [5.74, 6) is -0.617. The molecule has 1 aliphatic heterocycles. The number of fused-ring (bicyclic) bond motifs is 1. The van der Waals surface area contributed by atoms with E-state index in [4.69, 9.17) is 0 Å². The van der Waals surface area contributed by atoms with Crippen LogP contribution < -0.4 is 10.2 Å². The maximum absolute atomic E-state index is 12.9. The molecule has 0 radical (unpaired) electrons. The van der Waals surface area contributed by atoms with Gasteiger partial charge in [-0.15, -0.1) is 0 Å². The van der Waals surface area contributed by atoms with Crippen molar-refractivity contribution in [2.24, 2.45) is 0 Å². The largest absolute Gasteiger partial charge is 0.507 e. The monoisotopic (exact) mass is 387 g/mol. The molecule has 1 heterocycles. The third-order valence-corrected chi connectivity index (χ3v) is 4.71. The summed E-state index contributed by atoms with van der Waals surface area (Å²) in [7, 11) is 0. The van der Waals surface area contributed by atoms with Crippen LogP contribution in [-0.2, 0) is 4.79 Å². The first kappa shape index (κ1) is 18.2. The maximum Gasteiger partial charge on any atom is 0.271 e. The van der Waals surface area contributed by atoms with Gasteiger partial charge in [-0.25, -0.2) is 0 Å². The van der Waals surface area contributed by atoms with Crippen LogP contribution in [0.3, 0.4) is 0 Å². The highest BCUT2D eigenvalue weighted by atomic mass is 16.6. The zero-order valence-corrected chi connectivity index (χ0v) is 15.3. The number of carbonyl (C=O) groups is 1. The van der Waals surface area contributed by atoms with E-state index in [1.165, 1.54) is 18.2 Å². The summed E-state index contributed by atoms with van der Waals surface area (Å²) in [4.78, 5) is 25.3. The van der Waals surface area contributed by atoms with E-state index < -0.39 is 10.8 Å². The number of hydrogen-bond acceptors (Lipinski definition) is 5. The summed E-state index contributed by atoms with van der Waals surface area (Å²) in [6.45, 7) is 0.160. The number of nitro benzene ring substituents is 1. The molecule has 0 atom stereocenters. The number of amides is 1. The summed E-state index contributed by atoms with van der Waals surface area (Å²) < 4.78 is 0. The smallest absolute Gasteiger partial charge is 0.271 e. The lowest BCUT2D eigenvalue weighted by atomic mass is 9.99. The molecular formula is C22H17N3O4. The van der Waals surface area contributed by atoms with Crippen LogP contribution in [0.4, 0.5) is 22.7 Å². The van der Waals surface area contributed by atoms with E-state index in [9.17, 15) is 20.0 Å². The molecule has 3 aromatic rings. The highest BCUT2D eigenvalue weighted by Gasteiger charge is 2.29. The van der Waals surface area contributed by atoms with Crippen molar-refractivity contribution in [1.82, 2.24) is 0 Å². The quantitative estimate of drug-likeness (QED) is 0.502. The number of hydrogen-bond donors (Lipinski definition) is 2. The maximum atomic E-state index is 12.9. The fraction of sp³-hybridized carbons (Fsp3) is 0.0455. The van der Waals surface area contributed by atoms with E-state index in [1.807, 2.05) is 47.4 Å². The molecule has 0 aliphatic carbocycles. The lowest BCUT2D eigenvalue weighted by Gasteiger charge is -2.32. The van der Waals surface area contributed by atoms with Crippen LogP contribution in [0.5, 0.6) is 0 Å². The minimum Gasteiger partial charge on any atom is -0.507 e. The molecule has 0 fully saturated rings. The fourth-order valence-corrected chi connectivity index (χ4v) is 3.31. The molecule has 0 aromatic heterocycles. The van der Waals surface area contributed by atoms with Crippen LogP contribution in [-0.4, -0.2) is 22.5 Å². The van der Waals surface area contributed by atoms with Crippen molar-refractivity contribution in [2.45, 2.75) is 0 Å². The molecule has 0 spiro atoms. The van der Waals surface area contributed by atoms with E-state index in [0.29, 0.717) is 5.56 Å². The third-order valence-electron chi connectivity index (χ3n) is 4.71. The summed E-state index contributed by atoms with van der Waals surface area (Å²) in [6, 6.07) is 22.5. The standard InChI is InChI=1S/C22H17N3O4/c26-21-18-11-4-5-12-20(18)24(16-8-2-1-3-9-16)14-19(21)22(27)23-15-7-6-10-17(13-15)25(28)29/h1-13,26H,14H2,(H,23,27). The highest BCUT2D eigenvalue weighted by molar-refractivity contribution is 6.10. The number of benzene rings is 3. The van der Waals surface area contributed by atoms with E-state index in [1.54, 1.807) is 18.2 Å². The van der Waals surface area contributed by atoms with Crippen LogP contribution in [0, 0.1) is 10.1 Å². The summed E-state index contributed by atoms with van der Waals surface area (Å²) in [5, 5.41) is 24.4. The molecule has 4 rings (SSSR count). The van der Waals surface area contributed by atoms with E-state index in [-0.39, 0.29) is 29.3 Å². The minimum atomic E-state index is -0.527. The van der Waals surface area contributed by atoms with Crippen LogP contribution in [0.2, 0.25) is 0 Å². The first-order chi connectivity index (χ1) is 14.0. The second-order valence-electron chi connectivity index (χ2n) is 6.53. The van der Waals surface area contributed by atoms with Crippen molar-refractivity contribution in [3.63, 3.8) is 0 Å². The predicted molar refractivity (Wildman–Crippen MR) is 111 cm³/mol. The Morgan fingerprint density at radius 3 is 2.48 bits per heavy atom. The molecular weight excluding hydrogens is 370 g/mol. The predicted octanol–water partition coefficient (Wildman–Crippen LogP) is 4.65.